The first-order valence-corrected chi connectivity index (χ1v) is 9.72. The number of hydrogen-bond acceptors (Lipinski definition) is 3. The Balaban J connectivity index is 1.55. The Morgan fingerprint density at radius 1 is 1.23 bits per heavy atom. The number of nitrogens with zero attached hydrogens (tertiary/aromatic N) is 1. The van der Waals surface area contributed by atoms with Gasteiger partial charge in [-0.3, -0.25) is 9.59 Å². The van der Waals surface area contributed by atoms with Crippen LogP contribution in [0, 0.1) is 10.8 Å². The SMILES string of the molecule is CC1(C)C[C@H]2C[C@](C)(CN2C(=O)COC(=O)Cc2ccc(Cl)cc2Cl)C1. The highest BCUT2D eigenvalue weighted by Gasteiger charge is 2.50. The molecule has 2 aliphatic rings. The third kappa shape index (κ3) is 4.34. The van der Waals surface area contributed by atoms with Gasteiger partial charge in [-0.2, -0.15) is 0 Å². The van der Waals surface area contributed by atoms with Gasteiger partial charge < -0.3 is 9.64 Å². The van der Waals surface area contributed by atoms with Crippen LogP contribution < -0.4 is 0 Å². The monoisotopic (exact) mass is 397 g/mol. The van der Waals surface area contributed by atoms with Crippen molar-refractivity contribution in [3.05, 3.63) is 33.8 Å². The molecule has 6 heteroatoms. The second kappa shape index (κ2) is 7.05. The van der Waals surface area contributed by atoms with Gasteiger partial charge in [-0.15, -0.1) is 0 Å². The van der Waals surface area contributed by atoms with Crippen molar-refractivity contribution in [2.75, 3.05) is 13.2 Å². The van der Waals surface area contributed by atoms with Crippen molar-refractivity contribution in [3.8, 4) is 0 Å². The van der Waals surface area contributed by atoms with Crippen LogP contribution in [0.2, 0.25) is 10.0 Å². The van der Waals surface area contributed by atoms with Crippen LogP contribution in [0.1, 0.15) is 45.6 Å². The van der Waals surface area contributed by atoms with E-state index in [-0.39, 0.29) is 35.8 Å². The summed E-state index contributed by atoms with van der Waals surface area (Å²) in [6.07, 6.45) is 3.19. The van der Waals surface area contributed by atoms with E-state index in [2.05, 4.69) is 20.8 Å². The zero-order chi connectivity index (χ0) is 19.1. The van der Waals surface area contributed by atoms with Crippen LogP contribution in [0.4, 0.5) is 0 Å². The summed E-state index contributed by atoms with van der Waals surface area (Å²) in [6, 6.07) is 5.21. The molecule has 4 nitrogen and oxygen atoms in total. The molecule has 1 aliphatic heterocycles. The number of ether oxygens (including phenoxy) is 1. The summed E-state index contributed by atoms with van der Waals surface area (Å²) in [5, 5.41) is 0.933. The molecule has 0 unspecified atom stereocenters. The molecular weight excluding hydrogens is 373 g/mol. The highest BCUT2D eigenvalue weighted by Crippen LogP contribution is 2.52. The van der Waals surface area contributed by atoms with Crippen LogP contribution in [0.25, 0.3) is 0 Å². The normalized spacial score (nSPS) is 26.7. The minimum atomic E-state index is -0.462. The zero-order valence-corrected chi connectivity index (χ0v) is 17.0. The van der Waals surface area contributed by atoms with E-state index >= 15 is 0 Å². The highest BCUT2D eigenvalue weighted by atomic mass is 35.5. The molecule has 1 aromatic rings. The van der Waals surface area contributed by atoms with E-state index in [9.17, 15) is 9.59 Å². The number of carbonyl (C=O) groups excluding carboxylic acids is 2. The standard InChI is InChI=1S/C20H25Cl2NO3/c1-19(2)8-15-9-20(3,11-19)12-23(15)17(24)10-26-18(25)6-13-4-5-14(21)7-16(13)22/h4-5,7,15H,6,8-12H2,1-3H3/t15-,20-/m0/s1. The van der Waals surface area contributed by atoms with Gasteiger partial charge in [-0.25, -0.2) is 0 Å². The number of hydrogen-bond donors (Lipinski definition) is 0. The van der Waals surface area contributed by atoms with Crippen molar-refractivity contribution in [2.45, 2.75) is 52.5 Å². The number of halogens is 2. The number of amides is 1. The molecule has 1 amide bonds. The molecule has 26 heavy (non-hydrogen) atoms. The molecule has 1 heterocycles. The van der Waals surface area contributed by atoms with Crippen molar-refractivity contribution in [1.29, 1.82) is 0 Å². The molecule has 2 fully saturated rings. The lowest BCUT2D eigenvalue weighted by molar-refractivity contribution is -0.152. The summed E-state index contributed by atoms with van der Waals surface area (Å²) < 4.78 is 5.22. The molecule has 3 rings (SSSR count). The van der Waals surface area contributed by atoms with E-state index in [1.807, 2.05) is 4.90 Å². The zero-order valence-electron chi connectivity index (χ0n) is 15.5. The summed E-state index contributed by atoms with van der Waals surface area (Å²) in [5.41, 5.74) is 1.05. The maximum absolute atomic E-state index is 12.6. The van der Waals surface area contributed by atoms with Crippen molar-refractivity contribution in [3.63, 3.8) is 0 Å². The maximum atomic E-state index is 12.6. The lowest BCUT2D eigenvalue weighted by Crippen LogP contribution is -2.40. The van der Waals surface area contributed by atoms with E-state index in [1.54, 1.807) is 18.2 Å². The molecule has 1 aliphatic carbocycles. The fourth-order valence-electron chi connectivity index (χ4n) is 4.85. The average Bonchev–Trinajstić information content (AvgIpc) is 2.77. The minimum Gasteiger partial charge on any atom is -0.455 e. The Hall–Kier alpha value is -1.26. The van der Waals surface area contributed by atoms with Gasteiger partial charge in [0.25, 0.3) is 5.91 Å². The van der Waals surface area contributed by atoms with Crippen LogP contribution in [0.3, 0.4) is 0 Å². The fourth-order valence-corrected chi connectivity index (χ4v) is 5.32. The Bertz CT molecular complexity index is 734. The number of fused-ring (bicyclic) bond motifs is 2. The molecule has 1 saturated heterocycles. The number of likely N-dealkylation sites (tertiary alicyclic amines) is 1. The van der Waals surface area contributed by atoms with E-state index in [0.29, 0.717) is 15.6 Å². The van der Waals surface area contributed by atoms with Gasteiger partial charge >= 0.3 is 5.97 Å². The number of benzene rings is 1. The average molecular weight is 398 g/mol. The summed E-state index contributed by atoms with van der Waals surface area (Å²) in [5.74, 6) is -0.566. The number of carbonyl (C=O) groups is 2. The predicted molar refractivity (Wildman–Crippen MR) is 102 cm³/mol. The molecular formula is C20H25Cl2NO3. The lowest BCUT2D eigenvalue weighted by atomic mass is 9.65. The van der Waals surface area contributed by atoms with Gasteiger partial charge in [0.15, 0.2) is 6.61 Å². The first-order chi connectivity index (χ1) is 12.1. The van der Waals surface area contributed by atoms with Crippen LogP contribution in [-0.4, -0.2) is 36.0 Å². The smallest absolute Gasteiger partial charge is 0.310 e. The molecule has 0 N–H and O–H groups in total. The van der Waals surface area contributed by atoms with Gasteiger partial charge in [0, 0.05) is 22.6 Å². The second-order valence-electron chi connectivity index (χ2n) is 8.81. The molecule has 1 aromatic carbocycles. The van der Waals surface area contributed by atoms with Crippen LogP contribution in [-0.2, 0) is 20.7 Å². The minimum absolute atomic E-state index is 0.0253. The van der Waals surface area contributed by atoms with E-state index in [1.165, 1.54) is 0 Å². The Labute approximate surface area is 164 Å². The molecule has 1 saturated carbocycles. The molecule has 0 radical (unpaired) electrons. The Kier molecular flexibility index (Phi) is 5.28. The van der Waals surface area contributed by atoms with E-state index < -0.39 is 5.97 Å². The van der Waals surface area contributed by atoms with Gasteiger partial charge in [0.2, 0.25) is 0 Å². The first-order valence-electron chi connectivity index (χ1n) is 8.96. The molecule has 0 aromatic heterocycles. The summed E-state index contributed by atoms with van der Waals surface area (Å²) in [7, 11) is 0. The number of esters is 1. The van der Waals surface area contributed by atoms with Gasteiger partial charge in [0.05, 0.1) is 6.42 Å². The Morgan fingerprint density at radius 3 is 2.65 bits per heavy atom. The van der Waals surface area contributed by atoms with E-state index in [4.69, 9.17) is 27.9 Å². The largest absolute Gasteiger partial charge is 0.455 e. The lowest BCUT2D eigenvalue weighted by Gasteiger charge is -2.39. The van der Waals surface area contributed by atoms with Crippen LogP contribution in [0.5, 0.6) is 0 Å². The van der Waals surface area contributed by atoms with E-state index in [0.717, 1.165) is 25.8 Å². The fraction of sp³-hybridized carbons (Fsp3) is 0.600. The number of rotatable bonds is 4. The molecule has 2 bridgehead atoms. The van der Waals surface area contributed by atoms with Crippen molar-refractivity contribution in [1.82, 2.24) is 4.90 Å². The first kappa shape index (κ1) is 19.5. The quantitative estimate of drug-likeness (QED) is 0.702. The van der Waals surface area contributed by atoms with Gasteiger partial charge in [-0.05, 0) is 47.8 Å². The Morgan fingerprint density at radius 2 is 1.96 bits per heavy atom. The third-order valence-electron chi connectivity index (χ3n) is 5.44. The van der Waals surface area contributed by atoms with Crippen molar-refractivity contribution < 1.29 is 14.3 Å². The summed E-state index contributed by atoms with van der Waals surface area (Å²) >= 11 is 11.9. The van der Waals surface area contributed by atoms with Crippen molar-refractivity contribution >= 4 is 35.1 Å². The van der Waals surface area contributed by atoms with Crippen molar-refractivity contribution in [2.24, 2.45) is 10.8 Å². The molecule has 0 spiro atoms. The van der Waals surface area contributed by atoms with Gasteiger partial charge in [0.1, 0.15) is 0 Å². The predicted octanol–water partition coefficient (Wildman–Crippen LogP) is 4.51. The second-order valence-corrected chi connectivity index (χ2v) is 9.65. The van der Waals surface area contributed by atoms with Crippen LogP contribution in [0.15, 0.2) is 18.2 Å². The highest BCUT2D eigenvalue weighted by molar-refractivity contribution is 6.35. The van der Waals surface area contributed by atoms with Crippen LogP contribution >= 0.6 is 23.2 Å². The molecule has 142 valence electrons. The molecule has 2 atom stereocenters. The van der Waals surface area contributed by atoms with Gasteiger partial charge in [-0.1, -0.05) is 50.0 Å². The maximum Gasteiger partial charge on any atom is 0.310 e. The summed E-state index contributed by atoms with van der Waals surface area (Å²) in [4.78, 5) is 26.6. The topological polar surface area (TPSA) is 46.6 Å². The summed E-state index contributed by atoms with van der Waals surface area (Å²) in [6.45, 7) is 7.32. The third-order valence-corrected chi connectivity index (χ3v) is 6.03.